The first-order valence-electron chi connectivity index (χ1n) is 4.75. The van der Waals surface area contributed by atoms with Gasteiger partial charge in [-0.3, -0.25) is 4.79 Å². The number of nitrogens with zero attached hydrogens (tertiary/aromatic N) is 3. The van der Waals surface area contributed by atoms with Crippen molar-refractivity contribution in [1.82, 2.24) is 15.0 Å². The zero-order valence-electron chi connectivity index (χ0n) is 8.94. The second-order valence-corrected chi connectivity index (χ2v) is 3.90. The third-order valence-corrected chi connectivity index (χ3v) is 2.67. The van der Waals surface area contributed by atoms with Gasteiger partial charge in [-0.25, -0.2) is 4.68 Å². The van der Waals surface area contributed by atoms with Gasteiger partial charge in [0.25, 0.3) is 0 Å². The number of halogens is 1. The molecule has 16 heavy (non-hydrogen) atoms. The molecule has 2 aromatic rings. The Morgan fingerprint density at radius 3 is 2.69 bits per heavy atom. The lowest BCUT2D eigenvalue weighted by Crippen LogP contribution is -1.96. The first-order valence-corrected chi connectivity index (χ1v) is 5.13. The lowest BCUT2D eigenvalue weighted by molar-refractivity contribution is 0.101. The van der Waals surface area contributed by atoms with Gasteiger partial charge in [0, 0.05) is 18.2 Å². The van der Waals surface area contributed by atoms with Crippen molar-refractivity contribution in [3.8, 4) is 11.3 Å². The van der Waals surface area contributed by atoms with E-state index < -0.39 is 0 Å². The summed E-state index contributed by atoms with van der Waals surface area (Å²) in [6.45, 7) is 1.49. The lowest BCUT2D eigenvalue weighted by Gasteiger charge is -2.04. The number of benzene rings is 1. The van der Waals surface area contributed by atoms with Crippen LogP contribution in [0.4, 0.5) is 0 Å². The second kappa shape index (κ2) is 4.06. The summed E-state index contributed by atoms with van der Waals surface area (Å²) in [5, 5.41) is 8.08. The van der Waals surface area contributed by atoms with Crippen molar-refractivity contribution in [2.24, 2.45) is 7.05 Å². The standard InChI is InChI=1S/C11H10ClN3O/c1-7(16)9-4-3-8(5-10(9)12)11-6-13-14-15(11)2/h3-6H,1-2H3. The van der Waals surface area contributed by atoms with E-state index in [2.05, 4.69) is 10.3 Å². The van der Waals surface area contributed by atoms with Gasteiger partial charge in [-0.2, -0.15) is 0 Å². The Hall–Kier alpha value is -1.68. The molecule has 0 saturated heterocycles. The highest BCUT2D eigenvalue weighted by atomic mass is 35.5. The number of carbonyl (C=O) groups is 1. The van der Waals surface area contributed by atoms with Gasteiger partial charge in [-0.1, -0.05) is 22.9 Å². The summed E-state index contributed by atoms with van der Waals surface area (Å²) in [7, 11) is 1.80. The van der Waals surface area contributed by atoms with Crippen molar-refractivity contribution >= 4 is 17.4 Å². The van der Waals surface area contributed by atoms with E-state index in [4.69, 9.17) is 11.6 Å². The van der Waals surface area contributed by atoms with Gasteiger partial charge >= 0.3 is 0 Å². The molecule has 0 radical (unpaired) electrons. The Morgan fingerprint density at radius 1 is 1.44 bits per heavy atom. The maximum atomic E-state index is 11.2. The molecule has 0 unspecified atom stereocenters. The Kier molecular flexibility index (Phi) is 2.75. The highest BCUT2D eigenvalue weighted by Crippen LogP contribution is 2.24. The molecule has 0 spiro atoms. The summed E-state index contributed by atoms with van der Waals surface area (Å²) >= 11 is 6.02. The zero-order chi connectivity index (χ0) is 11.7. The Labute approximate surface area is 97.8 Å². The molecule has 0 aliphatic rings. The van der Waals surface area contributed by atoms with E-state index in [0.717, 1.165) is 11.3 Å². The van der Waals surface area contributed by atoms with E-state index in [-0.39, 0.29) is 5.78 Å². The first kappa shape index (κ1) is 10.8. The lowest BCUT2D eigenvalue weighted by atomic mass is 10.1. The van der Waals surface area contributed by atoms with Crippen LogP contribution in [-0.4, -0.2) is 20.8 Å². The molecule has 0 saturated carbocycles. The molecule has 0 N–H and O–H groups in total. The van der Waals surface area contributed by atoms with E-state index in [1.54, 1.807) is 30.1 Å². The van der Waals surface area contributed by atoms with Crippen LogP contribution >= 0.6 is 11.6 Å². The van der Waals surface area contributed by atoms with Gasteiger partial charge in [0.1, 0.15) is 0 Å². The Morgan fingerprint density at radius 2 is 2.19 bits per heavy atom. The molecule has 1 aromatic heterocycles. The molecule has 4 nitrogen and oxygen atoms in total. The maximum Gasteiger partial charge on any atom is 0.161 e. The molecule has 0 bridgehead atoms. The van der Waals surface area contributed by atoms with Gasteiger partial charge < -0.3 is 0 Å². The van der Waals surface area contributed by atoms with E-state index in [1.165, 1.54) is 6.92 Å². The van der Waals surface area contributed by atoms with Gasteiger partial charge in [-0.05, 0) is 19.1 Å². The van der Waals surface area contributed by atoms with Crippen LogP contribution in [0.25, 0.3) is 11.3 Å². The minimum atomic E-state index is -0.0420. The number of aromatic nitrogens is 3. The van der Waals surface area contributed by atoms with Gasteiger partial charge in [0.2, 0.25) is 0 Å². The van der Waals surface area contributed by atoms with Gasteiger partial charge in [0.15, 0.2) is 5.78 Å². The molecule has 0 fully saturated rings. The third-order valence-electron chi connectivity index (χ3n) is 2.36. The summed E-state index contributed by atoms with van der Waals surface area (Å²) in [6, 6.07) is 5.30. The van der Waals surface area contributed by atoms with Crippen LogP contribution in [0.2, 0.25) is 5.02 Å². The van der Waals surface area contributed by atoms with Gasteiger partial charge in [-0.15, -0.1) is 5.10 Å². The molecule has 0 aliphatic carbocycles. The predicted molar refractivity (Wildman–Crippen MR) is 61.5 cm³/mol. The molecule has 82 valence electrons. The van der Waals surface area contributed by atoms with Crippen LogP contribution in [0.5, 0.6) is 0 Å². The van der Waals surface area contributed by atoms with E-state index in [1.807, 2.05) is 6.07 Å². The second-order valence-electron chi connectivity index (χ2n) is 3.49. The van der Waals surface area contributed by atoms with Crippen molar-refractivity contribution < 1.29 is 4.79 Å². The summed E-state index contributed by atoms with van der Waals surface area (Å²) < 4.78 is 1.65. The average molecular weight is 236 g/mol. The largest absolute Gasteiger partial charge is 0.294 e. The molecule has 1 aromatic carbocycles. The number of hydrogen-bond donors (Lipinski definition) is 0. The monoisotopic (exact) mass is 235 g/mol. The molecule has 0 amide bonds. The number of hydrogen-bond acceptors (Lipinski definition) is 3. The Bertz CT molecular complexity index is 548. The number of carbonyl (C=O) groups excluding carboxylic acids is 1. The summed E-state index contributed by atoms with van der Waals surface area (Å²) in [6.07, 6.45) is 1.65. The number of Topliss-reactive ketones (excluding diaryl/α,β-unsaturated/α-hetero) is 1. The fraction of sp³-hybridized carbons (Fsp3) is 0.182. The van der Waals surface area contributed by atoms with Crippen LogP contribution in [0.1, 0.15) is 17.3 Å². The van der Waals surface area contributed by atoms with E-state index in [0.29, 0.717) is 10.6 Å². The predicted octanol–water partition coefficient (Wildman–Crippen LogP) is 2.34. The Balaban J connectivity index is 2.50. The molecule has 0 aliphatic heterocycles. The molecule has 5 heteroatoms. The van der Waals surface area contributed by atoms with Gasteiger partial charge in [0.05, 0.1) is 16.9 Å². The minimum Gasteiger partial charge on any atom is -0.294 e. The molecular formula is C11H10ClN3O. The fourth-order valence-electron chi connectivity index (χ4n) is 1.51. The van der Waals surface area contributed by atoms with E-state index in [9.17, 15) is 4.79 Å². The number of aryl methyl sites for hydroxylation is 1. The van der Waals surface area contributed by atoms with Crippen LogP contribution in [0.3, 0.4) is 0 Å². The topological polar surface area (TPSA) is 47.8 Å². The van der Waals surface area contributed by atoms with Crippen LogP contribution in [-0.2, 0) is 7.05 Å². The van der Waals surface area contributed by atoms with Crippen LogP contribution < -0.4 is 0 Å². The molecular weight excluding hydrogens is 226 g/mol. The summed E-state index contributed by atoms with van der Waals surface area (Å²) in [5.74, 6) is -0.0420. The fourth-order valence-corrected chi connectivity index (χ4v) is 1.82. The average Bonchev–Trinajstić information content (AvgIpc) is 2.63. The smallest absolute Gasteiger partial charge is 0.161 e. The highest BCUT2D eigenvalue weighted by molar-refractivity contribution is 6.34. The quantitative estimate of drug-likeness (QED) is 0.751. The van der Waals surface area contributed by atoms with Crippen molar-refractivity contribution in [3.63, 3.8) is 0 Å². The third kappa shape index (κ3) is 1.84. The summed E-state index contributed by atoms with van der Waals surface area (Å²) in [4.78, 5) is 11.2. The zero-order valence-corrected chi connectivity index (χ0v) is 9.69. The minimum absolute atomic E-state index is 0.0420. The molecule has 1 heterocycles. The highest BCUT2D eigenvalue weighted by Gasteiger charge is 2.09. The summed E-state index contributed by atoms with van der Waals surface area (Å²) in [5.41, 5.74) is 2.28. The van der Waals surface area contributed by atoms with Crippen molar-refractivity contribution in [2.75, 3.05) is 0 Å². The molecule has 0 atom stereocenters. The van der Waals surface area contributed by atoms with Crippen molar-refractivity contribution in [1.29, 1.82) is 0 Å². The number of ketones is 1. The van der Waals surface area contributed by atoms with Crippen LogP contribution in [0.15, 0.2) is 24.4 Å². The normalized spacial score (nSPS) is 10.4. The van der Waals surface area contributed by atoms with Crippen molar-refractivity contribution in [3.05, 3.63) is 35.0 Å². The van der Waals surface area contributed by atoms with Crippen LogP contribution in [0, 0.1) is 0 Å². The van der Waals surface area contributed by atoms with E-state index >= 15 is 0 Å². The van der Waals surface area contributed by atoms with Crippen molar-refractivity contribution in [2.45, 2.75) is 6.92 Å². The SMILES string of the molecule is CC(=O)c1ccc(-c2cnnn2C)cc1Cl. The molecule has 2 rings (SSSR count). The first-order chi connectivity index (χ1) is 7.59. The maximum absolute atomic E-state index is 11.2. The number of rotatable bonds is 2.